The first-order valence-corrected chi connectivity index (χ1v) is 8.04. The number of nitrogens with one attached hydrogen (secondary N) is 1. The fraction of sp³-hybridized carbons (Fsp3) is 0.467. The van der Waals surface area contributed by atoms with Crippen molar-refractivity contribution in [1.29, 1.82) is 0 Å². The van der Waals surface area contributed by atoms with Crippen LogP contribution < -0.4 is 5.32 Å². The van der Waals surface area contributed by atoms with E-state index in [0.717, 1.165) is 49.1 Å². The van der Waals surface area contributed by atoms with Crippen molar-refractivity contribution >= 4 is 27.5 Å². The number of phenols is 1. The van der Waals surface area contributed by atoms with Crippen LogP contribution >= 0.6 is 27.5 Å². The van der Waals surface area contributed by atoms with Crippen molar-refractivity contribution in [3.8, 4) is 5.75 Å². The lowest BCUT2D eigenvalue weighted by molar-refractivity contribution is 0.163. The zero-order chi connectivity index (χ0) is 14.5. The number of piperazine rings is 1. The van der Waals surface area contributed by atoms with Crippen LogP contribution in [-0.2, 0) is 0 Å². The maximum atomic E-state index is 10.3. The summed E-state index contributed by atoms with van der Waals surface area (Å²) in [5.41, 5.74) is 0.896. The molecule has 0 aliphatic carbocycles. The molecule has 0 unspecified atom stereocenters. The molecule has 0 saturated carbocycles. The molecule has 2 N–H and O–H groups in total. The lowest BCUT2D eigenvalue weighted by Gasteiger charge is -2.35. The van der Waals surface area contributed by atoms with Crippen molar-refractivity contribution < 1.29 is 5.11 Å². The molecule has 2 rings (SSSR count). The first-order valence-electron chi connectivity index (χ1n) is 6.87. The fourth-order valence-electron chi connectivity index (χ4n) is 2.64. The highest BCUT2D eigenvalue weighted by atomic mass is 79.9. The lowest BCUT2D eigenvalue weighted by atomic mass is 9.98. The van der Waals surface area contributed by atoms with Crippen LogP contribution in [0.5, 0.6) is 5.75 Å². The topological polar surface area (TPSA) is 35.5 Å². The summed E-state index contributed by atoms with van der Waals surface area (Å²) in [7, 11) is 0. The minimum Gasteiger partial charge on any atom is -0.506 e. The van der Waals surface area contributed by atoms with Crippen LogP contribution in [-0.4, -0.2) is 36.2 Å². The van der Waals surface area contributed by atoms with E-state index in [0.29, 0.717) is 5.02 Å². The standard InChI is InChI=1S/C15H20BrClN2O/c1-2-3-4-14(19-7-5-18-6-8-19)12-9-11(16)10-13(17)15(12)20/h2,9-10,14,18,20H,1,3-8H2/t14-/m0/s1. The first-order chi connectivity index (χ1) is 9.63. The highest BCUT2D eigenvalue weighted by Gasteiger charge is 2.25. The Morgan fingerprint density at radius 2 is 2.15 bits per heavy atom. The molecule has 5 heteroatoms. The number of phenolic OH excluding ortho intramolecular Hbond substituents is 1. The Hall–Kier alpha value is -0.550. The molecule has 1 saturated heterocycles. The number of hydrogen-bond donors (Lipinski definition) is 2. The van der Waals surface area contributed by atoms with Crippen LogP contribution in [0.3, 0.4) is 0 Å². The van der Waals surface area contributed by atoms with E-state index in [4.69, 9.17) is 11.6 Å². The van der Waals surface area contributed by atoms with Gasteiger partial charge >= 0.3 is 0 Å². The largest absolute Gasteiger partial charge is 0.506 e. The summed E-state index contributed by atoms with van der Waals surface area (Å²) in [5, 5.41) is 14.1. The zero-order valence-corrected chi connectivity index (χ0v) is 13.8. The average molecular weight is 360 g/mol. The summed E-state index contributed by atoms with van der Waals surface area (Å²) < 4.78 is 0.897. The number of aromatic hydroxyl groups is 1. The van der Waals surface area contributed by atoms with Gasteiger partial charge in [0.25, 0.3) is 0 Å². The molecule has 1 heterocycles. The molecule has 0 amide bonds. The van der Waals surface area contributed by atoms with E-state index >= 15 is 0 Å². The highest BCUT2D eigenvalue weighted by Crippen LogP contribution is 2.39. The van der Waals surface area contributed by atoms with Crippen LogP contribution in [0.25, 0.3) is 0 Å². The van der Waals surface area contributed by atoms with E-state index in [1.807, 2.05) is 12.1 Å². The number of halogens is 2. The molecule has 110 valence electrons. The Morgan fingerprint density at radius 1 is 1.45 bits per heavy atom. The Kier molecular flexibility index (Phi) is 5.90. The quantitative estimate of drug-likeness (QED) is 0.787. The molecule has 20 heavy (non-hydrogen) atoms. The molecule has 1 aliphatic heterocycles. The van der Waals surface area contributed by atoms with E-state index in [1.165, 1.54) is 0 Å². The average Bonchev–Trinajstić information content (AvgIpc) is 2.45. The highest BCUT2D eigenvalue weighted by molar-refractivity contribution is 9.10. The summed E-state index contributed by atoms with van der Waals surface area (Å²) in [6, 6.07) is 3.87. The number of benzene rings is 1. The van der Waals surface area contributed by atoms with Crippen LogP contribution in [0.4, 0.5) is 0 Å². The van der Waals surface area contributed by atoms with Crippen molar-refractivity contribution in [2.45, 2.75) is 18.9 Å². The van der Waals surface area contributed by atoms with Crippen molar-refractivity contribution in [2.75, 3.05) is 26.2 Å². The third-order valence-corrected chi connectivity index (χ3v) is 4.40. The third-order valence-electron chi connectivity index (χ3n) is 3.65. The predicted molar refractivity (Wildman–Crippen MR) is 87.4 cm³/mol. The summed E-state index contributed by atoms with van der Waals surface area (Å²) in [6.45, 7) is 7.71. The van der Waals surface area contributed by atoms with Gasteiger partial charge < -0.3 is 10.4 Å². The van der Waals surface area contributed by atoms with Gasteiger partial charge in [0.15, 0.2) is 0 Å². The molecule has 1 atom stereocenters. The van der Waals surface area contributed by atoms with Gasteiger partial charge in [-0.3, -0.25) is 4.90 Å². The van der Waals surface area contributed by atoms with Crippen LogP contribution in [0, 0.1) is 0 Å². The summed E-state index contributed by atoms with van der Waals surface area (Å²) in [5.74, 6) is 0.197. The normalized spacial score (nSPS) is 17.9. The van der Waals surface area contributed by atoms with E-state index in [-0.39, 0.29) is 11.8 Å². The Labute approximate surface area is 133 Å². The van der Waals surface area contributed by atoms with Gasteiger partial charge in [0.1, 0.15) is 5.75 Å². The molecule has 1 aromatic rings. The van der Waals surface area contributed by atoms with E-state index in [1.54, 1.807) is 6.07 Å². The Morgan fingerprint density at radius 3 is 2.80 bits per heavy atom. The van der Waals surface area contributed by atoms with Crippen molar-refractivity contribution in [1.82, 2.24) is 10.2 Å². The minimum absolute atomic E-state index is 0.171. The maximum absolute atomic E-state index is 10.3. The third kappa shape index (κ3) is 3.76. The number of rotatable bonds is 5. The molecule has 1 aliphatic rings. The second kappa shape index (κ2) is 7.46. The molecular formula is C15H20BrClN2O. The van der Waals surface area contributed by atoms with Crippen LogP contribution in [0.1, 0.15) is 24.4 Å². The van der Waals surface area contributed by atoms with Crippen molar-refractivity contribution in [3.05, 3.63) is 39.8 Å². The van der Waals surface area contributed by atoms with Crippen molar-refractivity contribution in [3.63, 3.8) is 0 Å². The van der Waals surface area contributed by atoms with Crippen LogP contribution in [0.2, 0.25) is 5.02 Å². The van der Waals surface area contributed by atoms with Crippen LogP contribution in [0.15, 0.2) is 29.3 Å². The molecule has 0 bridgehead atoms. The lowest BCUT2D eigenvalue weighted by Crippen LogP contribution is -2.45. The fourth-order valence-corrected chi connectivity index (χ4v) is 3.48. The molecular weight excluding hydrogens is 340 g/mol. The molecule has 0 aromatic heterocycles. The van der Waals surface area contributed by atoms with Gasteiger partial charge in [-0.15, -0.1) is 6.58 Å². The Bertz CT molecular complexity index is 475. The summed E-state index contributed by atoms with van der Waals surface area (Å²) in [6.07, 6.45) is 3.77. The zero-order valence-electron chi connectivity index (χ0n) is 11.4. The first kappa shape index (κ1) is 15.8. The van der Waals surface area contributed by atoms with Gasteiger partial charge in [0.05, 0.1) is 5.02 Å². The smallest absolute Gasteiger partial charge is 0.139 e. The second-order valence-electron chi connectivity index (χ2n) is 4.99. The van der Waals surface area contributed by atoms with E-state index < -0.39 is 0 Å². The molecule has 0 radical (unpaired) electrons. The molecule has 1 aromatic carbocycles. The number of nitrogens with zero attached hydrogens (tertiary/aromatic N) is 1. The van der Waals surface area contributed by atoms with E-state index in [2.05, 4.69) is 32.7 Å². The molecule has 0 spiro atoms. The summed E-state index contributed by atoms with van der Waals surface area (Å²) >= 11 is 9.57. The Balaban J connectivity index is 2.31. The van der Waals surface area contributed by atoms with Gasteiger partial charge in [-0.25, -0.2) is 0 Å². The maximum Gasteiger partial charge on any atom is 0.139 e. The number of allylic oxidation sites excluding steroid dienone is 1. The van der Waals surface area contributed by atoms with E-state index in [9.17, 15) is 5.11 Å². The summed E-state index contributed by atoms with van der Waals surface area (Å²) in [4.78, 5) is 2.40. The monoisotopic (exact) mass is 358 g/mol. The van der Waals surface area contributed by atoms with Crippen molar-refractivity contribution in [2.24, 2.45) is 0 Å². The molecule has 3 nitrogen and oxygen atoms in total. The van der Waals surface area contributed by atoms with Gasteiger partial charge in [-0.05, 0) is 25.0 Å². The second-order valence-corrected chi connectivity index (χ2v) is 6.32. The number of hydrogen-bond acceptors (Lipinski definition) is 3. The predicted octanol–water partition coefficient (Wildman–Crippen LogP) is 3.72. The molecule has 1 fully saturated rings. The minimum atomic E-state index is 0.171. The van der Waals surface area contributed by atoms with Gasteiger partial charge in [0, 0.05) is 42.3 Å². The van der Waals surface area contributed by atoms with Gasteiger partial charge in [-0.1, -0.05) is 33.6 Å². The van der Waals surface area contributed by atoms with Gasteiger partial charge in [0.2, 0.25) is 0 Å². The SMILES string of the molecule is C=CCC[C@@H](c1cc(Br)cc(Cl)c1O)N1CCNCC1. The van der Waals surface area contributed by atoms with Gasteiger partial charge in [-0.2, -0.15) is 0 Å².